The molecule has 0 aromatic heterocycles. The molecule has 1 aromatic carbocycles. The third-order valence-corrected chi connectivity index (χ3v) is 3.82. The van der Waals surface area contributed by atoms with E-state index in [9.17, 15) is 9.18 Å². The first kappa shape index (κ1) is 15.8. The summed E-state index contributed by atoms with van der Waals surface area (Å²) in [6.07, 6.45) is 0. The van der Waals surface area contributed by atoms with Crippen molar-refractivity contribution in [2.24, 2.45) is 0 Å². The Bertz CT molecular complexity index is 409. The van der Waals surface area contributed by atoms with Crippen molar-refractivity contribution in [2.45, 2.75) is 12.6 Å². The van der Waals surface area contributed by atoms with Crippen LogP contribution in [0.15, 0.2) is 22.7 Å². The predicted octanol–water partition coefficient (Wildman–Crippen LogP) is 2.29. The Kier molecular flexibility index (Phi) is 6.42. The van der Waals surface area contributed by atoms with Crippen molar-refractivity contribution >= 4 is 46.0 Å². The van der Waals surface area contributed by atoms with Crippen LogP contribution in [0.25, 0.3) is 0 Å². The van der Waals surface area contributed by atoms with Crippen LogP contribution < -0.4 is 10.6 Å². The fourth-order valence-electron chi connectivity index (χ4n) is 1.59. The molecule has 3 nitrogen and oxygen atoms in total. The van der Waals surface area contributed by atoms with Crippen molar-refractivity contribution in [1.29, 1.82) is 0 Å². The standard InChI is InChI=1S/C11H12BrFN2OS.ClH/c12-8-1-7(2-9(13)3-8)4-14-11(16)10-5-17-6-15-10;/h1-3,10,15H,4-6H2,(H,14,16);1H. The average Bonchev–Trinajstić information content (AvgIpc) is 2.78. The van der Waals surface area contributed by atoms with Gasteiger partial charge in [0.1, 0.15) is 5.82 Å². The van der Waals surface area contributed by atoms with E-state index in [1.807, 2.05) is 0 Å². The van der Waals surface area contributed by atoms with Gasteiger partial charge < -0.3 is 5.32 Å². The zero-order valence-electron chi connectivity index (χ0n) is 9.41. The molecule has 1 saturated heterocycles. The largest absolute Gasteiger partial charge is 0.351 e. The summed E-state index contributed by atoms with van der Waals surface area (Å²) in [5, 5.41) is 5.88. The minimum absolute atomic E-state index is 0. The van der Waals surface area contributed by atoms with E-state index >= 15 is 0 Å². The van der Waals surface area contributed by atoms with Crippen LogP contribution in [0.2, 0.25) is 0 Å². The normalized spacial score (nSPS) is 18.2. The monoisotopic (exact) mass is 354 g/mol. The summed E-state index contributed by atoms with van der Waals surface area (Å²) < 4.78 is 13.8. The fourth-order valence-corrected chi connectivity index (χ4v) is 3.04. The molecule has 1 fully saturated rings. The van der Waals surface area contributed by atoms with Gasteiger partial charge in [-0.3, -0.25) is 10.1 Å². The molecule has 100 valence electrons. The van der Waals surface area contributed by atoms with E-state index in [1.54, 1.807) is 17.8 Å². The summed E-state index contributed by atoms with van der Waals surface area (Å²) in [7, 11) is 0. The molecular formula is C11H13BrClFN2OS. The molecular weight excluding hydrogens is 343 g/mol. The van der Waals surface area contributed by atoms with Gasteiger partial charge in [-0.05, 0) is 23.8 Å². The molecule has 1 amide bonds. The fraction of sp³-hybridized carbons (Fsp3) is 0.364. The minimum Gasteiger partial charge on any atom is -0.351 e. The van der Waals surface area contributed by atoms with E-state index in [0.717, 1.165) is 17.2 Å². The Hall–Kier alpha value is -0.300. The Balaban J connectivity index is 0.00000162. The number of halogens is 3. The number of amides is 1. The van der Waals surface area contributed by atoms with Crippen LogP contribution in [0.4, 0.5) is 4.39 Å². The van der Waals surface area contributed by atoms with Gasteiger partial charge in [-0.15, -0.1) is 24.2 Å². The second-order valence-corrected chi connectivity index (χ2v) is 5.71. The predicted molar refractivity (Wildman–Crippen MR) is 77.4 cm³/mol. The number of hydrogen-bond donors (Lipinski definition) is 2. The molecule has 18 heavy (non-hydrogen) atoms. The van der Waals surface area contributed by atoms with Gasteiger partial charge in [0.05, 0.1) is 6.04 Å². The summed E-state index contributed by atoms with van der Waals surface area (Å²) in [4.78, 5) is 11.7. The quantitative estimate of drug-likeness (QED) is 0.874. The van der Waals surface area contributed by atoms with Gasteiger partial charge in [-0.1, -0.05) is 15.9 Å². The van der Waals surface area contributed by atoms with Crippen molar-refractivity contribution in [1.82, 2.24) is 10.6 Å². The number of hydrogen-bond acceptors (Lipinski definition) is 3. The van der Waals surface area contributed by atoms with Gasteiger partial charge in [0, 0.05) is 22.6 Å². The Morgan fingerprint density at radius 1 is 1.56 bits per heavy atom. The highest BCUT2D eigenvalue weighted by Gasteiger charge is 2.21. The summed E-state index contributed by atoms with van der Waals surface area (Å²) in [5.41, 5.74) is 0.746. The molecule has 2 N–H and O–H groups in total. The molecule has 1 aromatic rings. The van der Waals surface area contributed by atoms with Gasteiger partial charge in [-0.25, -0.2) is 4.39 Å². The van der Waals surface area contributed by atoms with E-state index in [2.05, 4.69) is 26.6 Å². The number of carbonyl (C=O) groups excluding carboxylic acids is 1. The molecule has 1 aliphatic heterocycles. The molecule has 1 unspecified atom stereocenters. The highest BCUT2D eigenvalue weighted by Crippen LogP contribution is 2.15. The molecule has 7 heteroatoms. The van der Waals surface area contributed by atoms with Crippen molar-refractivity contribution in [3.05, 3.63) is 34.1 Å². The van der Waals surface area contributed by atoms with E-state index in [4.69, 9.17) is 0 Å². The number of thioether (sulfide) groups is 1. The van der Waals surface area contributed by atoms with Crippen LogP contribution in [-0.4, -0.2) is 23.6 Å². The maximum atomic E-state index is 13.1. The SMILES string of the molecule is Cl.O=C(NCc1cc(F)cc(Br)c1)C1CSCN1. The molecule has 0 spiro atoms. The van der Waals surface area contributed by atoms with Crippen molar-refractivity contribution in [3.8, 4) is 0 Å². The van der Waals surface area contributed by atoms with Crippen LogP contribution in [0.3, 0.4) is 0 Å². The van der Waals surface area contributed by atoms with Gasteiger partial charge >= 0.3 is 0 Å². The van der Waals surface area contributed by atoms with Crippen molar-refractivity contribution in [2.75, 3.05) is 11.6 Å². The van der Waals surface area contributed by atoms with E-state index in [1.165, 1.54) is 12.1 Å². The van der Waals surface area contributed by atoms with Gasteiger partial charge in [-0.2, -0.15) is 0 Å². The summed E-state index contributed by atoms with van der Waals surface area (Å²) in [5.74, 6) is 1.26. The maximum Gasteiger partial charge on any atom is 0.238 e. The molecule has 1 heterocycles. The van der Waals surface area contributed by atoms with Gasteiger partial charge in [0.2, 0.25) is 5.91 Å². The molecule has 2 rings (SSSR count). The summed E-state index contributed by atoms with van der Waals surface area (Å²) in [6.45, 7) is 0.345. The second kappa shape index (κ2) is 7.33. The molecule has 0 saturated carbocycles. The topological polar surface area (TPSA) is 41.1 Å². The van der Waals surface area contributed by atoms with Crippen LogP contribution in [-0.2, 0) is 11.3 Å². The molecule has 0 radical (unpaired) electrons. The highest BCUT2D eigenvalue weighted by molar-refractivity contribution is 9.10. The maximum absolute atomic E-state index is 13.1. The summed E-state index contributed by atoms with van der Waals surface area (Å²) >= 11 is 4.92. The smallest absolute Gasteiger partial charge is 0.238 e. The highest BCUT2D eigenvalue weighted by atomic mass is 79.9. The number of nitrogens with one attached hydrogen (secondary N) is 2. The van der Waals surface area contributed by atoms with Crippen LogP contribution in [0.1, 0.15) is 5.56 Å². The van der Waals surface area contributed by atoms with E-state index < -0.39 is 0 Å². The van der Waals surface area contributed by atoms with Crippen LogP contribution >= 0.6 is 40.1 Å². The average molecular weight is 356 g/mol. The van der Waals surface area contributed by atoms with E-state index in [0.29, 0.717) is 11.0 Å². The molecule has 1 atom stereocenters. The molecule has 1 aliphatic rings. The van der Waals surface area contributed by atoms with Crippen LogP contribution in [0.5, 0.6) is 0 Å². The number of rotatable bonds is 3. The Morgan fingerprint density at radius 2 is 2.33 bits per heavy atom. The van der Waals surface area contributed by atoms with E-state index in [-0.39, 0.29) is 30.2 Å². The second-order valence-electron chi connectivity index (χ2n) is 3.77. The lowest BCUT2D eigenvalue weighted by atomic mass is 10.2. The lowest BCUT2D eigenvalue weighted by Crippen LogP contribution is -2.41. The molecule has 0 aliphatic carbocycles. The Labute approximate surface area is 124 Å². The van der Waals surface area contributed by atoms with Crippen molar-refractivity contribution in [3.63, 3.8) is 0 Å². The van der Waals surface area contributed by atoms with Gasteiger partial charge in [0.25, 0.3) is 0 Å². The lowest BCUT2D eigenvalue weighted by Gasteiger charge is -2.10. The molecule has 0 bridgehead atoms. The van der Waals surface area contributed by atoms with Crippen LogP contribution in [0, 0.1) is 5.82 Å². The summed E-state index contributed by atoms with van der Waals surface area (Å²) in [6, 6.07) is 4.47. The van der Waals surface area contributed by atoms with Gasteiger partial charge in [0.15, 0.2) is 0 Å². The third kappa shape index (κ3) is 4.42. The lowest BCUT2D eigenvalue weighted by molar-refractivity contribution is -0.122. The number of benzene rings is 1. The Morgan fingerprint density at radius 3 is 2.94 bits per heavy atom. The first-order valence-electron chi connectivity index (χ1n) is 5.19. The first-order valence-corrected chi connectivity index (χ1v) is 7.14. The zero-order valence-corrected chi connectivity index (χ0v) is 12.6. The zero-order chi connectivity index (χ0) is 12.3. The first-order chi connectivity index (χ1) is 8.15. The third-order valence-electron chi connectivity index (χ3n) is 2.42. The number of carbonyl (C=O) groups is 1. The minimum atomic E-state index is -0.307. The van der Waals surface area contributed by atoms with Crippen molar-refractivity contribution < 1.29 is 9.18 Å².